The zero-order valence-corrected chi connectivity index (χ0v) is 17.7. The summed E-state index contributed by atoms with van der Waals surface area (Å²) in [6.45, 7) is 0.711. The average Bonchev–Trinajstić information content (AvgIpc) is 3.45. The molecule has 1 aliphatic rings. The summed E-state index contributed by atoms with van der Waals surface area (Å²) in [6.07, 6.45) is 1.50. The first-order valence-corrected chi connectivity index (χ1v) is 11.5. The van der Waals surface area contributed by atoms with Gasteiger partial charge in [0.25, 0.3) is 0 Å². The Kier molecular flexibility index (Phi) is 5.57. The number of aromatic nitrogens is 2. The molecule has 0 aliphatic carbocycles. The van der Waals surface area contributed by atoms with Crippen molar-refractivity contribution >= 4 is 21.4 Å². The molecule has 29 heavy (non-hydrogen) atoms. The van der Waals surface area contributed by atoms with Crippen molar-refractivity contribution in [2.75, 3.05) is 27.3 Å². The van der Waals surface area contributed by atoms with Crippen LogP contribution in [0.3, 0.4) is 0 Å². The van der Waals surface area contributed by atoms with Crippen LogP contribution in [0.15, 0.2) is 44.3 Å². The average molecular weight is 436 g/mol. The smallest absolute Gasteiger partial charge is 0.248 e. The van der Waals surface area contributed by atoms with Crippen LogP contribution in [0, 0.1) is 0 Å². The highest BCUT2D eigenvalue weighted by atomic mass is 32.2. The van der Waals surface area contributed by atoms with E-state index in [1.54, 1.807) is 23.5 Å². The van der Waals surface area contributed by atoms with Gasteiger partial charge >= 0.3 is 0 Å². The van der Waals surface area contributed by atoms with Crippen molar-refractivity contribution < 1.29 is 22.3 Å². The van der Waals surface area contributed by atoms with Crippen molar-refractivity contribution in [3.8, 4) is 23.0 Å². The van der Waals surface area contributed by atoms with Crippen molar-refractivity contribution in [1.82, 2.24) is 14.5 Å². The highest BCUT2D eigenvalue weighted by Gasteiger charge is 2.35. The van der Waals surface area contributed by atoms with Gasteiger partial charge in [0.2, 0.25) is 21.8 Å². The molecule has 4 rings (SSSR count). The summed E-state index contributed by atoms with van der Waals surface area (Å²) in [5.41, 5.74) is 0.872. The van der Waals surface area contributed by atoms with Gasteiger partial charge in [-0.2, -0.15) is 15.6 Å². The van der Waals surface area contributed by atoms with Crippen LogP contribution in [0.1, 0.15) is 24.7 Å². The van der Waals surface area contributed by atoms with E-state index in [9.17, 15) is 8.42 Å². The van der Waals surface area contributed by atoms with E-state index in [2.05, 4.69) is 10.2 Å². The third-order valence-corrected chi connectivity index (χ3v) is 7.52. The van der Waals surface area contributed by atoms with Gasteiger partial charge in [-0.05, 0) is 36.4 Å². The number of methoxy groups -OCH3 is 2. The number of rotatable bonds is 6. The molecular formula is C19H21N3O5S2. The van der Waals surface area contributed by atoms with Crippen LogP contribution in [0.4, 0.5) is 0 Å². The highest BCUT2D eigenvalue weighted by Crippen LogP contribution is 2.35. The normalized spacial score (nSPS) is 17.9. The van der Waals surface area contributed by atoms with E-state index >= 15 is 0 Å². The maximum absolute atomic E-state index is 13.3. The van der Waals surface area contributed by atoms with Crippen LogP contribution in [-0.4, -0.2) is 50.2 Å². The first-order valence-electron chi connectivity index (χ1n) is 9.11. The Morgan fingerprint density at radius 1 is 1.21 bits per heavy atom. The van der Waals surface area contributed by atoms with Crippen LogP contribution in [-0.2, 0) is 10.0 Å². The predicted molar refractivity (Wildman–Crippen MR) is 108 cm³/mol. The van der Waals surface area contributed by atoms with E-state index in [1.165, 1.54) is 24.6 Å². The molecule has 1 atom stereocenters. The number of benzene rings is 1. The standard InChI is InChI=1S/C19H21N3O5S2/c1-25-15-5-6-17(16(10-15)26-2)29(23,24)22-8-3-4-13(11-22)18-20-21-19(27-18)14-7-9-28-12-14/h5-7,9-10,12-13H,3-4,8,11H2,1-2H3. The zero-order chi connectivity index (χ0) is 20.4. The summed E-state index contributed by atoms with van der Waals surface area (Å²) in [6, 6.07) is 6.61. The van der Waals surface area contributed by atoms with E-state index in [0.717, 1.165) is 12.0 Å². The highest BCUT2D eigenvalue weighted by molar-refractivity contribution is 7.89. The first kappa shape index (κ1) is 19.9. The molecule has 1 unspecified atom stereocenters. The molecule has 0 spiro atoms. The Bertz CT molecular complexity index is 1080. The predicted octanol–water partition coefficient (Wildman–Crippen LogP) is 3.38. The minimum Gasteiger partial charge on any atom is -0.497 e. The number of piperidine rings is 1. The van der Waals surface area contributed by atoms with Crippen LogP contribution in [0.25, 0.3) is 11.5 Å². The number of ether oxygens (including phenoxy) is 2. The number of thiophene rings is 1. The summed E-state index contributed by atoms with van der Waals surface area (Å²) in [5, 5.41) is 12.2. The van der Waals surface area contributed by atoms with E-state index in [0.29, 0.717) is 30.5 Å². The van der Waals surface area contributed by atoms with Crippen LogP contribution in [0.5, 0.6) is 11.5 Å². The fraction of sp³-hybridized carbons (Fsp3) is 0.368. The molecule has 1 aliphatic heterocycles. The molecule has 3 aromatic rings. The van der Waals surface area contributed by atoms with E-state index in [-0.39, 0.29) is 23.1 Å². The third-order valence-electron chi connectivity index (χ3n) is 4.93. The lowest BCUT2D eigenvalue weighted by Gasteiger charge is -2.30. The second-order valence-electron chi connectivity index (χ2n) is 6.68. The molecule has 0 N–H and O–H groups in total. The van der Waals surface area contributed by atoms with Crippen molar-refractivity contribution in [3.63, 3.8) is 0 Å². The molecule has 154 valence electrons. The van der Waals surface area contributed by atoms with E-state index in [1.807, 2.05) is 16.8 Å². The maximum atomic E-state index is 13.3. The second kappa shape index (κ2) is 8.13. The molecule has 1 fully saturated rings. The molecule has 0 saturated carbocycles. The van der Waals surface area contributed by atoms with Gasteiger partial charge in [-0.3, -0.25) is 0 Å². The van der Waals surface area contributed by atoms with Gasteiger partial charge in [-0.25, -0.2) is 8.42 Å². The quantitative estimate of drug-likeness (QED) is 0.586. The first-order chi connectivity index (χ1) is 14.0. The van der Waals surface area contributed by atoms with E-state index in [4.69, 9.17) is 13.9 Å². The number of hydrogen-bond donors (Lipinski definition) is 0. The fourth-order valence-electron chi connectivity index (χ4n) is 3.39. The molecule has 10 heteroatoms. The Hall–Kier alpha value is -2.43. The number of sulfonamides is 1. The van der Waals surface area contributed by atoms with Gasteiger partial charge in [-0.15, -0.1) is 10.2 Å². The van der Waals surface area contributed by atoms with Gasteiger partial charge in [0, 0.05) is 30.1 Å². The monoisotopic (exact) mass is 435 g/mol. The summed E-state index contributed by atoms with van der Waals surface area (Å²) in [5.74, 6) is 1.56. The second-order valence-corrected chi connectivity index (χ2v) is 9.36. The van der Waals surface area contributed by atoms with Crippen molar-refractivity contribution in [3.05, 3.63) is 40.9 Å². The Balaban J connectivity index is 1.58. The molecule has 8 nitrogen and oxygen atoms in total. The van der Waals surface area contributed by atoms with Crippen LogP contribution < -0.4 is 9.47 Å². The molecular weight excluding hydrogens is 414 g/mol. The van der Waals surface area contributed by atoms with Gasteiger partial charge in [0.05, 0.1) is 20.1 Å². The van der Waals surface area contributed by atoms with Gasteiger partial charge in [-0.1, -0.05) is 0 Å². The molecule has 2 aromatic heterocycles. The zero-order valence-electron chi connectivity index (χ0n) is 16.1. The lowest BCUT2D eigenvalue weighted by atomic mass is 10.00. The van der Waals surface area contributed by atoms with Gasteiger partial charge in [0.1, 0.15) is 16.4 Å². The topological polar surface area (TPSA) is 94.8 Å². The molecule has 0 bridgehead atoms. The molecule has 0 amide bonds. The summed E-state index contributed by atoms with van der Waals surface area (Å²) in [7, 11) is -0.780. The SMILES string of the molecule is COc1ccc(S(=O)(=O)N2CCCC(c3nnc(-c4ccsc4)o3)C2)c(OC)c1. The largest absolute Gasteiger partial charge is 0.497 e. The summed E-state index contributed by atoms with van der Waals surface area (Å²) < 4.78 is 44.3. The Morgan fingerprint density at radius 2 is 2.07 bits per heavy atom. The summed E-state index contributed by atoms with van der Waals surface area (Å²) >= 11 is 1.55. The van der Waals surface area contributed by atoms with E-state index < -0.39 is 10.0 Å². The molecule has 1 saturated heterocycles. The minimum absolute atomic E-state index is 0.117. The van der Waals surface area contributed by atoms with Crippen molar-refractivity contribution in [2.45, 2.75) is 23.7 Å². The van der Waals surface area contributed by atoms with Gasteiger partial charge < -0.3 is 13.9 Å². The van der Waals surface area contributed by atoms with Crippen molar-refractivity contribution in [2.24, 2.45) is 0 Å². The third kappa shape index (κ3) is 3.87. The molecule has 3 heterocycles. The fourth-order valence-corrected chi connectivity index (χ4v) is 5.68. The lowest BCUT2D eigenvalue weighted by molar-refractivity contribution is 0.285. The Labute approximate surface area is 173 Å². The van der Waals surface area contributed by atoms with Gasteiger partial charge in [0.15, 0.2) is 0 Å². The van der Waals surface area contributed by atoms with Crippen LogP contribution >= 0.6 is 11.3 Å². The molecule has 0 radical (unpaired) electrons. The number of nitrogens with zero attached hydrogens (tertiary/aromatic N) is 3. The lowest BCUT2D eigenvalue weighted by Crippen LogP contribution is -2.39. The van der Waals surface area contributed by atoms with Crippen LogP contribution in [0.2, 0.25) is 0 Å². The number of hydrogen-bond acceptors (Lipinski definition) is 8. The molecule has 1 aromatic carbocycles. The minimum atomic E-state index is -3.74. The maximum Gasteiger partial charge on any atom is 0.248 e. The van der Waals surface area contributed by atoms with Crippen molar-refractivity contribution in [1.29, 1.82) is 0 Å². The summed E-state index contributed by atoms with van der Waals surface area (Å²) in [4.78, 5) is 0.117. The Morgan fingerprint density at radius 3 is 2.79 bits per heavy atom.